The summed E-state index contributed by atoms with van der Waals surface area (Å²) in [7, 11) is 1.62. The summed E-state index contributed by atoms with van der Waals surface area (Å²) in [4.78, 5) is 12.2. The zero-order valence-corrected chi connectivity index (χ0v) is 16.0. The molecule has 1 aliphatic rings. The molecule has 1 heterocycles. The molecule has 140 valence electrons. The van der Waals surface area contributed by atoms with Crippen molar-refractivity contribution in [2.75, 3.05) is 13.7 Å². The number of nitrogens with one attached hydrogen (secondary N) is 1. The lowest BCUT2D eigenvalue weighted by Crippen LogP contribution is -2.25. The van der Waals surface area contributed by atoms with Crippen molar-refractivity contribution in [3.63, 3.8) is 0 Å². The van der Waals surface area contributed by atoms with Crippen LogP contribution < -0.4 is 14.8 Å². The number of carbonyl (C=O) groups excluding carboxylic acids is 1. The number of amides is 1. The Morgan fingerprint density at radius 3 is 2.48 bits per heavy atom. The lowest BCUT2D eigenvalue weighted by Gasteiger charge is -2.07. The molecule has 1 N–H and O–H groups in total. The Bertz CT molecular complexity index is 833. The van der Waals surface area contributed by atoms with Crippen LogP contribution in [0.25, 0.3) is 0 Å². The molecule has 1 atom stereocenters. The fourth-order valence-corrected chi connectivity index (χ4v) is 3.49. The van der Waals surface area contributed by atoms with E-state index in [1.165, 1.54) is 11.8 Å². The fraction of sp³-hybridized carbons (Fsp3) is 0.250. The van der Waals surface area contributed by atoms with Crippen LogP contribution in [0.1, 0.15) is 18.1 Å². The Labute approximate surface area is 162 Å². The molecule has 7 heteroatoms. The zero-order valence-electron chi connectivity index (χ0n) is 15.2. The van der Waals surface area contributed by atoms with Gasteiger partial charge in [-0.3, -0.25) is 4.79 Å². The molecular weight excluding hydrogens is 362 g/mol. The lowest BCUT2D eigenvalue weighted by atomic mass is 10.1. The zero-order chi connectivity index (χ0) is 19.1. The second-order valence-electron chi connectivity index (χ2n) is 5.80. The minimum absolute atomic E-state index is 0.0488. The second-order valence-corrected chi connectivity index (χ2v) is 6.99. The van der Waals surface area contributed by atoms with Crippen LogP contribution in [0.15, 0.2) is 58.7 Å². The van der Waals surface area contributed by atoms with Gasteiger partial charge < -0.3 is 14.8 Å². The molecule has 0 bridgehead atoms. The summed E-state index contributed by atoms with van der Waals surface area (Å²) < 4.78 is 10.6. The number of hydrogen-bond acceptors (Lipinski definition) is 6. The van der Waals surface area contributed by atoms with Gasteiger partial charge in [0.1, 0.15) is 11.5 Å². The van der Waals surface area contributed by atoms with E-state index in [-0.39, 0.29) is 11.2 Å². The normalized spacial score (nSPS) is 18.1. The van der Waals surface area contributed by atoms with Crippen molar-refractivity contribution in [1.82, 2.24) is 5.32 Å². The van der Waals surface area contributed by atoms with Crippen LogP contribution in [-0.2, 0) is 11.2 Å². The predicted octanol–water partition coefficient (Wildman–Crippen LogP) is 3.26. The Kier molecular flexibility index (Phi) is 6.49. The van der Waals surface area contributed by atoms with Crippen molar-refractivity contribution in [1.29, 1.82) is 0 Å². The van der Waals surface area contributed by atoms with E-state index in [0.717, 1.165) is 22.6 Å². The maximum atomic E-state index is 12.2. The highest BCUT2D eigenvalue weighted by molar-refractivity contribution is 8.15. The summed E-state index contributed by atoms with van der Waals surface area (Å²) >= 11 is 1.39. The number of thioether (sulfide) groups is 1. The third-order valence-electron chi connectivity index (χ3n) is 3.90. The molecule has 3 rings (SSSR count). The van der Waals surface area contributed by atoms with Crippen LogP contribution >= 0.6 is 11.8 Å². The van der Waals surface area contributed by atoms with Gasteiger partial charge in [-0.15, -0.1) is 5.10 Å². The van der Waals surface area contributed by atoms with E-state index in [0.29, 0.717) is 18.2 Å². The maximum Gasteiger partial charge on any atom is 0.239 e. The molecular formula is C20H21N3O3S. The van der Waals surface area contributed by atoms with Crippen molar-refractivity contribution in [3.8, 4) is 11.5 Å². The highest BCUT2D eigenvalue weighted by Crippen LogP contribution is 2.24. The number of carbonyl (C=O) groups is 1. The monoisotopic (exact) mass is 383 g/mol. The molecule has 2 aromatic rings. The number of hydrogen-bond donors (Lipinski definition) is 1. The first-order valence-electron chi connectivity index (χ1n) is 8.62. The highest BCUT2D eigenvalue weighted by Gasteiger charge is 2.30. The summed E-state index contributed by atoms with van der Waals surface area (Å²) in [6, 6.07) is 15.3. The summed E-state index contributed by atoms with van der Waals surface area (Å²) in [5.41, 5.74) is 1.98. The van der Waals surface area contributed by atoms with Gasteiger partial charge in [0.2, 0.25) is 5.91 Å². The van der Waals surface area contributed by atoms with Gasteiger partial charge in [0, 0.05) is 0 Å². The van der Waals surface area contributed by atoms with E-state index in [9.17, 15) is 4.79 Å². The highest BCUT2D eigenvalue weighted by atomic mass is 32.2. The SMILES string of the molecule is CCOc1ccc(CC2S/C(=N/N=C/c3ccc(OC)cc3)NC2=O)cc1. The van der Waals surface area contributed by atoms with Crippen LogP contribution in [0.3, 0.4) is 0 Å². The standard InChI is InChI=1S/C20H21N3O3S/c1-3-26-17-10-4-14(5-11-17)12-18-19(24)22-20(27-18)23-21-13-15-6-8-16(25-2)9-7-15/h4-11,13,18H,3,12H2,1-2H3,(H,22,23,24)/b21-13+. The van der Waals surface area contributed by atoms with Gasteiger partial charge in [-0.25, -0.2) is 0 Å². The molecule has 1 fully saturated rings. The van der Waals surface area contributed by atoms with Gasteiger partial charge >= 0.3 is 0 Å². The Morgan fingerprint density at radius 2 is 1.81 bits per heavy atom. The van der Waals surface area contributed by atoms with Crippen molar-refractivity contribution in [2.24, 2.45) is 10.2 Å². The third kappa shape index (κ3) is 5.34. The van der Waals surface area contributed by atoms with E-state index in [4.69, 9.17) is 9.47 Å². The van der Waals surface area contributed by atoms with Crippen molar-refractivity contribution >= 4 is 29.1 Å². The van der Waals surface area contributed by atoms with E-state index in [2.05, 4.69) is 15.5 Å². The smallest absolute Gasteiger partial charge is 0.239 e. The first kappa shape index (κ1) is 19.0. The van der Waals surface area contributed by atoms with Crippen LogP contribution in [0.4, 0.5) is 0 Å². The topological polar surface area (TPSA) is 72.3 Å². The Balaban J connectivity index is 1.57. The third-order valence-corrected chi connectivity index (χ3v) is 4.98. The maximum absolute atomic E-state index is 12.2. The first-order valence-corrected chi connectivity index (χ1v) is 9.50. The van der Waals surface area contributed by atoms with Crippen LogP contribution in [-0.4, -0.2) is 36.3 Å². The first-order chi connectivity index (χ1) is 13.2. The molecule has 0 saturated carbocycles. The average molecular weight is 383 g/mol. The molecule has 1 aliphatic heterocycles. The molecule has 0 aromatic heterocycles. The van der Waals surface area contributed by atoms with Gasteiger partial charge in [-0.2, -0.15) is 5.10 Å². The number of ether oxygens (including phenoxy) is 2. The van der Waals surface area contributed by atoms with Crippen LogP contribution in [0.5, 0.6) is 11.5 Å². The van der Waals surface area contributed by atoms with Gasteiger partial charge in [-0.05, 0) is 60.9 Å². The fourth-order valence-electron chi connectivity index (χ4n) is 2.53. The van der Waals surface area contributed by atoms with Gasteiger partial charge in [-0.1, -0.05) is 23.9 Å². The molecule has 2 aromatic carbocycles. The van der Waals surface area contributed by atoms with Crippen molar-refractivity contribution in [2.45, 2.75) is 18.6 Å². The minimum Gasteiger partial charge on any atom is -0.497 e. The van der Waals surface area contributed by atoms with E-state index >= 15 is 0 Å². The lowest BCUT2D eigenvalue weighted by molar-refractivity contribution is -0.118. The average Bonchev–Trinajstić information content (AvgIpc) is 3.03. The van der Waals surface area contributed by atoms with E-state index in [1.54, 1.807) is 13.3 Å². The summed E-state index contributed by atoms with van der Waals surface area (Å²) in [6.45, 7) is 2.59. The largest absolute Gasteiger partial charge is 0.497 e. The summed E-state index contributed by atoms with van der Waals surface area (Å²) in [5, 5.41) is 11.2. The Morgan fingerprint density at radius 1 is 1.11 bits per heavy atom. The predicted molar refractivity (Wildman–Crippen MR) is 109 cm³/mol. The summed E-state index contributed by atoms with van der Waals surface area (Å²) in [5.74, 6) is 1.57. The van der Waals surface area contributed by atoms with Gasteiger partial charge in [0.05, 0.1) is 25.2 Å². The van der Waals surface area contributed by atoms with Crippen molar-refractivity contribution < 1.29 is 14.3 Å². The van der Waals surface area contributed by atoms with Crippen LogP contribution in [0, 0.1) is 0 Å². The molecule has 0 radical (unpaired) electrons. The van der Waals surface area contributed by atoms with E-state index in [1.807, 2.05) is 55.5 Å². The molecule has 0 aliphatic carbocycles. The molecule has 1 saturated heterocycles. The minimum atomic E-state index is -0.210. The number of methoxy groups -OCH3 is 1. The molecule has 27 heavy (non-hydrogen) atoms. The van der Waals surface area contributed by atoms with Gasteiger partial charge in [0.25, 0.3) is 0 Å². The molecule has 6 nitrogen and oxygen atoms in total. The Hall–Kier alpha value is -2.80. The summed E-state index contributed by atoms with van der Waals surface area (Å²) in [6.07, 6.45) is 2.27. The van der Waals surface area contributed by atoms with Crippen LogP contribution in [0.2, 0.25) is 0 Å². The van der Waals surface area contributed by atoms with Gasteiger partial charge in [0.15, 0.2) is 5.17 Å². The van der Waals surface area contributed by atoms with Crippen molar-refractivity contribution in [3.05, 3.63) is 59.7 Å². The quantitative estimate of drug-likeness (QED) is 0.588. The van der Waals surface area contributed by atoms with E-state index < -0.39 is 0 Å². The molecule has 1 unspecified atom stereocenters. The number of nitrogens with zero attached hydrogens (tertiary/aromatic N) is 2. The number of rotatable bonds is 7. The second kappa shape index (κ2) is 9.23. The molecule has 0 spiro atoms. The molecule has 1 amide bonds. The number of benzene rings is 2. The number of amidine groups is 1.